The number of ketones is 1. The molecule has 0 spiro atoms. The maximum Gasteiger partial charge on any atom is 0.246 e. The van der Waals surface area contributed by atoms with Crippen molar-refractivity contribution >= 4 is 17.6 Å². The Morgan fingerprint density at radius 3 is 2.71 bits per heavy atom. The van der Waals surface area contributed by atoms with Gasteiger partial charge in [-0.15, -0.1) is 0 Å². The summed E-state index contributed by atoms with van der Waals surface area (Å²) in [5.41, 5.74) is 6.38. The summed E-state index contributed by atoms with van der Waals surface area (Å²) < 4.78 is 5.82. The predicted octanol–water partition coefficient (Wildman–Crippen LogP) is 2.87. The molecule has 1 unspecified atom stereocenters. The van der Waals surface area contributed by atoms with Gasteiger partial charge in [-0.25, -0.2) is 4.98 Å². The molecule has 0 aromatic carbocycles. The Balaban J connectivity index is 1.68. The lowest BCUT2D eigenvalue weighted by molar-refractivity contribution is -0.121. The largest absolute Gasteiger partial charge is 0.431 e. The van der Waals surface area contributed by atoms with Crippen LogP contribution in [0.1, 0.15) is 61.7 Å². The van der Waals surface area contributed by atoms with E-state index in [-0.39, 0.29) is 24.5 Å². The Morgan fingerprint density at radius 1 is 1.26 bits per heavy atom. The summed E-state index contributed by atoms with van der Waals surface area (Å²) in [4.78, 5) is 44.8. The number of oxazole rings is 1. The van der Waals surface area contributed by atoms with Gasteiger partial charge in [-0.2, -0.15) is 0 Å². The van der Waals surface area contributed by atoms with Gasteiger partial charge in [0.15, 0.2) is 5.76 Å². The molecular formula is C23H29N4O4. The van der Waals surface area contributed by atoms with Crippen LogP contribution in [0.5, 0.6) is 0 Å². The average molecular weight is 426 g/mol. The van der Waals surface area contributed by atoms with Gasteiger partial charge in [0.05, 0.1) is 18.7 Å². The Morgan fingerprint density at radius 2 is 2.03 bits per heavy atom. The zero-order valence-electron chi connectivity index (χ0n) is 17.8. The van der Waals surface area contributed by atoms with Crippen LogP contribution >= 0.6 is 0 Å². The predicted molar refractivity (Wildman–Crippen MR) is 115 cm³/mol. The van der Waals surface area contributed by atoms with Gasteiger partial charge >= 0.3 is 0 Å². The first-order valence-corrected chi connectivity index (χ1v) is 10.8. The quantitative estimate of drug-likeness (QED) is 0.563. The topological polar surface area (TPSA) is 128 Å². The number of aromatic nitrogens is 2. The number of Topliss-reactive ketones (excluding diaryl/α,β-unsaturated/α-hetero) is 1. The van der Waals surface area contributed by atoms with E-state index < -0.39 is 17.7 Å². The number of nitrogens with zero attached hydrogens (tertiary/aromatic N) is 2. The minimum atomic E-state index is -0.476. The molecule has 1 aliphatic rings. The van der Waals surface area contributed by atoms with E-state index in [1.807, 2.05) is 6.07 Å². The Labute approximate surface area is 182 Å². The third-order valence-electron chi connectivity index (χ3n) is 5.61. The number of primary amides is 1. The second kappa shape index (κ2) is 10.8. The monoisotopic (exact) mass is 425 g/mol. The standard InChI is InChI=1S/C23H29N4O4/c1-15(22(24)30)10-11-20(29)26-14-19(28)21-18(13-16-7-3-2-4-8-16)27-23(31-21)17-9-5-6-12-25-17/h5-6,9,11-12,15-16H,2-4,7-8,10,13-14H2,1H3,(H2,24,30)(H,26,29). The van der Waals surface area contributed by atoms with E-state index in [0.29, 0.717) is 29.6 Å². The Bertz CT molecular complexity index is 904. The van der Waals surface area contributed by atoms with Gasteiger partial charge < -0.3 is 15.5 Å². The molecule has 0 aliphatic heterocycles. The van der Waals surface area contributed by atoms with Crippen LogP contribution in [0.15, 0.2) is 28.8 Å². The average Bonchev–Trinajstić information content (AvgIpc) is 3.20. The van der Waals surface area contributed by atoms with Crippen molar-refractivity contribution in [1.29, 1.82) is 0 Å². The summed E-state index contributed by atoms with van der Waals surface area (Å²) in [5.74, 6) is -0.736. The number of hydrogen-bond donors (Lipinski definition) is 2. The molecule has 0 bridgehead atoms. The number of hydrogen-bond acceptors (Lipinski definition) is 6. The number of nitrogens with one attached hydrogen (secondary N) is 1. The van der Waals surface area contributed by atoms with Gasteiger partial charge in [0.25, 0.3) is 0 Å². The van der Waals surface area contributed by atoms with Gasteiger partial charge in [-0.1, -0.05) is 45.1 Å². The summed E-state index contributed by atoms with van der Waals surface area (Å²) in [6.07, 6.45) is 9.71. The lowest BCUT2D eigenvalue weighted by Gasteiger charge is -2.20. The first-order valence-electron chi connectivity index (χ1n) is 10.8. The third kappa shape index (κ3) is 6.47. The summed E-state index contributed by atoms with van der Waals surface area (Å²) in [5, 5.41) is 2.56. The van der Waals surface area contributed by atoms with Crippen LogP contribution in [0.25, 0.3) is 11.6 Å². The van der Waals surface area contributed by atoms with Crippen molar-refractivity contribution in [2.45, 2.75) is 51.9 Å². The van der Waals surface area contributed by atoms with Crippen LogP contribution in [0, 0.1) is 18.3 Å². The number of nitrogens with two attached hydrogens (primary N) is 1. The van der Waals surface area contributed by atoms with Gasteiger partial charge in [0, 0.05) is 12.1 Å². The second-order valence-corrected chi connectivity index (χ2v) is 8.10. The summed E-state index contributed by atoms with van der Waals surface area (Å²) >= 11 is 0. The van der Waals surface area contributed by atoms with Crippen molar-refractivity contribution in [3.8, 4) is 11.6 Å². The number of rotatable bonds is 10. The van der Waals surface area contributed by atoms with Crippen molar-refractivity contribution in [2.75, 3.05) is 6.54 Å². The molecule has 2 aromatic heterocycles. The van der Waals surface area contributed by atoms with Crippen molar-refractivity contribution in [3.05, 3.63) is 42.3 Å². The fourth-order valence-corrected chi connectivity index (χ4v) is 3.69. The van der Waals surface area contributed by atoms with Crippen LogP contribution in [0.3, 0.4) is 0 Å². The zero-order valence-corrected chi connectivity index (χ0v) is 17.8. The number of carbonyl (C=O) groups excluding carboxylic acids is 3. The molecular weight excluding hydrogens is 396 g/mol. The number of amides is 2. The highest BCUT2D eigenvalue weighted by Gasteiger charge is 2.25. The highest BCUT2D eigenvalue weighted by atomic mass is 16.4. The fourth-order valence-electron chi connectivity index (χ4n) is 3.69. The molecule has 2 amide bonds. The van der Waals surface area contributed by atoms with E-state index >= 15 is 0 Å². The minimum absolute atomic E-state index is 0.178. The third-order valence-corrected chi connectivity index (χ3v) is 5.61. The van der Waals surface area contributed by atoms with E-state index in [2.05, 4.69) is 15.3 Å². The van der Waals surface area contributed by atoms with Crippen LogP contribution in [0.4, 0.5) is 0 Å². The van der Waals surface area contributed by atoms with Crippen molar-refractivity contribution in [1.82, 2.24) is 15.3 Å². The molecule has 8 nitrogen and oxygen atoms in total. The fraction of sp³-hybridized carbons (Fsp3) is 0.478. The lowest BCUT2D eigenvalue weighted by Crippen LogP contribution is -2.31. The molecule has 31 heavy (non-hydrogen) atoms. The maximum absolute atomic E-state index is 12.8. The van der Waals surface area contributed by atoms with Crippen LogP contribution in [-0.4, -0.2) is 34.1 Å². The first kappa shape index (κ1) is 22.7. The van der Waals surface area contributed by atoms with Crippen molar-refractivity contribution in [2.24, 2.45) is 17.6 Å². The first-order chi connectivity index (χ1) is 14.9. The molecule has 165 valence electrons. The van der Waals surface area contributed by atoms with Crippen LogP contribution in [-0.2, 0) is 16.0 Å². The molecule has 1 saturated carbocycles. The van der Waals surface area contributed by atoms with Gasteiger partial charge in [0.1, 0.15) is 5.69 Å². The molecule has 2 heterocycles. The van der Waals surface area contributed by atoms with Crippen LogP contribution < -0.4 is 11.1 Å². The van der Waals surface area contributed by atoms with Gasteiger partial charge in [-0.3, -0.25) is 19.4 Å². The molecule has 8 heteroatoms. The summed E-state index contributed by atoms with van der Waals surface area (Å²) in [7, 11) is 0. The van der Waals surface area contributed by atoms with E-state index in [1.165, 1.54) is 25.7 Å². The normalized spacial score (nSPS) is 15.4. The van der Waals surface area contributed by atoms with E-state index in [1.54, 1.807) is 25.3 Å². The van der Waals surface area contributed by atoms with E-state index in [9.17, 15) is 14.4 Å². The van der Waals surface area contributed by atoms with E-state index in [0.717, 1.165) is 12.8 Å². The molecule has 0 saturated heterocycles. The molecule has 1 fully saturated rings. The van der Waals surface area contributed by atoms with Gasteiger partial charge in [-0.05, 0) is 30.9 Å². The van der Waals surface area contributed by atoms with Crippen molar-refractivity contribution < 1.29 is 18.8 Å². The molecule has 1 atom stereocenters. The second-order valence-electron chi connectivity index (χ2n) is 8.10. The Kier molecular flexibility index (Phi) is 7.92. The highest BCUT2D eigenvalue weighted by molar-refractivity contribution is 5.99. The maximum atomic E-state index is 12.8. The lowest BCUT2D eigenvalue weighted by atomic mass is 9.86. The SMILES string of the molecule is CC(C[CH]C(=O)NCC(=O)c1oc(-c2ccccn2)nc1CC1CCCCC1)C(N)=O. The summed E-state index contributed by atoms with van der Waals surface area (Å²) in [6, 6.07) is 5.41. The summed E-state index contributed by atoms with van der Waals surface area (Å²) in [6.45, 7) is 1.43. The molecule has 2 aromatic rings. The molecule has 1 radical (unpaired) electrons. The highest BCUT2D eigenvalue weighted by Crippen LogP contribution is 2.29. The van der Waals surface area contributed by atoms with Gasteiger partial charge in [0.2, 0.25) is 23.5 Å². The smallest absolute Gasteiger partial charge is 0.246 e. The number of pyridine rings is 1. The molecule has 1 aliphatic carbocycles. The zero-order chi connectivity index (χ0) is 22.2. The van der Waals surface area contributed by atoms with Crippen LogP contribution in [0.2, 0.25) is 0 Å². The Hall–Kier alpha value is -3.03. The van der Waals surface area contributed by atoms with Crippen molar-refractivity contribution in [3.63, 3.8) is 0 Å². The van der Waals surface area contributed by atoms with E-state index in [4.69, 9.17) is 10.2 Å². The molecule has 3 N–H and O–H groups in total. The minimum Gasteiger partial charge on any atom is -0.431 e. The molecule has 3 rings (SSSR count). The number of carbonyl (C=O) groups is 3.